The van der Waals surface area contributed by atoms with Gasteiger partial charge in [-0.1, -0.05) is 54.6 Å². The Kier molecular flexibility index (Phi) is 7.35. The number of methoxy groups -OCH3 is 1. The van der Waals surface area contributed by atoms with Gasteiger partial charge in [0.15, 0.2) is 6.10 Å². The quantitative estimate of drug-likeness (QED) is 0.685. The van der Waals surface area contributed by atoms with Crippen LogP contribution in [0.3, 0.4) is 0 Å². The van der Waals surface area contributed by atoms with Crippen LogP contribution < -0.4 is 0 Å². The Hall–Kier alpha value is -2.66. The SMILES string of the molecule is CO[C@H](C[C@H](Cc1ccc(-c2ccccc2)cc1)C(=O)O)C(=O)OC(C)(C)C. The van der Waals surface area contributed by atoms with Crippen LogP contribution in [0, 0.1) is 5.92 Å². The highest BCUT2D eigenvalue weighted by atomic mass is 16.6. The monoisotopic (exact) mass is 384 g/mol. The van der Waals surface area contributed by atoms with Crippen LogP contribution in [0.1, 0.15) is 32.8 Å². The molecule has 5 nitrogen and oxygen atoms in total. The van der Waals surface area contributed by atoms with Crippen LogP contribution in [0.15, 0.2) is 54.6 Å². The predicted octanol–water partition coefficient (Wildman–Crippen LogP) is 4.34. The minimum absolute atomic E-state index is 0.0567. The third kappa shape index (κ3) is 6.50. The lowest BCUT2D eigenvalue weighted by Gasteiger charge is -2.24. The molecule has 1 N–H and O–H groups in total. The van der Waals surface area contributed by atoms with Gasteiger partial charge in [-0.05, 0) is 50.3 Å². The number of benzene rings is 2. The number of aliphatic carboxylic acids is 1. The molecule has 0 unspecified atom stereocenters. The zero-order chi connectivity index (χ0) is 20.7. The summed E-state index contributed by atoms with van der Waals surface area (Å²) in [6.45, 7) is 5.29. The lowest BCUT2D eigenvalue weighted by atomic mass is 9.92. The summed E-state index contributed by atoms with van der Waals surface area (Å²) in [4.78, 5) is 24.0. The molecule has 150 valence electrons. The topological polar surface area (TPSA) is 72.8 Å². The van der Waals surface area contributed by atoms with Crippen molar-refractivity contribution < 1.29 is 24.2 Å². The molecule has 0 saturated heterocycles. The average Bonchev–Trinajstić information content (AvgIpc) is 2.64. The Labute approximate surface area is 166 Å². The van der Waals surface area contributed by atoms with E-state index in [-0.39, 0.29) is 6.42 Å². The van der Waals surface area contributed by atoms with Crippen molar-refractivity contribution >= 4 is 11.9 Å². The molecule has 0 aliphatic heterocycles. The normalized spacial score (nSPS) is 13.6. The van der Waals surface area contributed by atoms with Gasteiger partial charge in [-0.3, -0.25) is 4.79 Å². The summed E-state index contributed by atoms with van der Waals surface area (Å²) >= 11 is 0. The zero-order valence-corrected chi connectivity index (χ0v) is 16.8. The summed E-state index contributed by atoms with van der Waals surface area (Å²) in [6.07, 6.45) is -0.544. The van der Waals surface area contributed by atoms with Crippen molar-refractivity contribution in [1.82, 2.24) is 0 Å². The summed E-state index contributed by atoms with van der Waals surface area (Å²) in [5.41, 5.74) is 2.42. The van der Waals surface area contributed by atoms with Crippen molar-refractivity contribution in [2.24, 2.45) is 5.92 Å². The van der Waals surface area contributed by atoms with Gasteiger partial charge < -0.3 is 14.6 Å². The molecule has 0 bridgehead atoms. The molecular formula is C23H28O5. The highest BCUT2D eigenvalue weighted by molar-refractivity contribution is 5.77. The number of carboxylic acid groups (broad SMARTS) is 1. The Morgan fingerprint density at radius 3 is 2.04 bits per heavy atom. The highest BCUT2D eigenvalue weighted by Gasteiger charge is 2.30. The van der Waals surface area contributed by atoms with E-state index in [0.717, 1.165) is 16.7 Å². The van der Waals surface area contributed by atoms with Gasteiger partial charge in [-0.2, -0.15) is 0 Å². The van der Waals surface area contributed by atoms with E-state index in [1.165, 1.54) is 7.11 Å². The van der Waals surface area contributed by atoms with Gasteiger partial charge in [0.1, 0.15) is 5.60 Å². The first kappa shape index (κ1) is 21.6. The standard InChI is InChI=1S/C23H28O5/c1-23(2,3)28-22(26)20(27-4)15-19(21(24)25)14-16-10-12-18(13-11-16)17-8-6-5-7-9-17/h5-13,19-20H,14-15H2,1-4H3,(H,24,25)/t19-,20+/m0/s1. The Morgan fingerprint density at radius 1 is 0.964 bits per heavy atom. The summed E-state index contributed by atoms with van der Waals surface area (Å²) < 4.78 is 10.5. The first-order valence-electron chi connectivity index (χ1n) is 9.32. The minimum atomic E-state index is -0.960. The molecule has 0 heterocycles. The molecule has 0 aliphatic rings. The van der Waals surface area contributed by atoms with Crippen LogP contribution in [-0.4, -0.2) is 35.9 Å². The molecular weight excluding hydrogens is 356 g/mol. The third-order valence-corrected chi connectivity index (χ3v) is 4.35. The molecule has 0 aliphatic carbocycles. The Morgan fingerprint density at radius 2 is 1.54 bits per heavy atom. The van der Waals surface area contributed by atoms with E-state index in [1.54, 1.807) is 20.8 Å². The van der Waals surface area contributed by atoms with Crippen molar-refractivity contribution in [1.29, 1.82) is 0 Å². The van der Waals surface area contributed by atoms with Crippen molar-refractivity contribution in [2.75, 3.05) is 7.11 Å². The van der Waals surface area contributed by atoms with Crippen LogP contribution in [-0.2, 0) is 25.5 Å². The van der Waals surface area contributed by atoms with Crippen molar-refractivity contribution in [3.8, 4) is 11.1 Å². The molecule has 0 aromatic heterocycles. The molecule has 0 radical (unpaired) electrons. The van der Waals surface area contributed by atoms with E-state index in [2.05, 4.69) is 0 Å². The van der Waals surface area contributed by atoms with Gasteiger partial charge in [0.05, 0.1) is 5.92 Å². The third-order valence-electron chi connectivity index (χ3n) is 4.35. The van der Waals surface area contributed by atoms with Crippen molar-refractivity contribution in [2.45, 2.75) is 45.3 Å². The molecule has 0 amide bonds. The van der Waals surface area contributed by atoms with Gasteiger partial charge in [-0.15, -0.1) is 0 Å². The summed E-state index contributed by atoms with van der Waals surface area (Å²) in [5.74, 6) is -2.25. The highest BCUT2D eigenvalue weighted by Crippen LogP contribution is 2.23. The Bertz CT molecular complexity index is 775. The second kappa shape index (κ2) is 9.51. The second-order valence-electron chi connectivity index (χ2n) is 7.80. The fourth-order valence-corrected chi connectivity index (χ4v) is 2.93. The Balaban J connectivity index is 2.07. The van der Waals surface area contributed by atoms with E-state index in [9.17, 15) is 14.7 Å². The molecule has 0 saturated carbocycles. The van der Waals surface area contributed by atoms with Crippen LogP contribution in [0.5, 0.6) is 0 Å². The van der Waals surface area contributed by atoms with Crippen LogP contribution in [0.2, 0.25) is 0 Å². The molecule has 0 fully saturated rings. The number of carboxylic acids is 1. The number of ether oxygens (including phenoxy) is 2. The lowest BCUT2D eigenvalue weighted by Crippen LogP contribution is -2.35. The average molecular weight is 384 g/mol. The van der Waals surface area contributed by atoms with E-state index >= 15 is 0 Å². The zero-order valence-electron chi connectivity index (χ0n) is 16.8. The maximum Gasteiger partial charge on any atom is 0.335 e. The van der Waals surface area contributed by atoms with Crippen LogP contribution in [0.4, 0.5) is 0 Å². The predicted molar refractivity (Wildman–Crippen MR) is 108 cm³/mol. The summed E-state index contributed by atoms with van der Waals surface area (Å²) in [7, 11) is 1.39. The molecule has 0 spiro atoms. The van der Waals surface area contributed by atoms with E-state index in [0.29, 0.717) is 6.42 Å². The fourth-order valence-electron chi connectivity index (χ4n) is 2.93. The summed E-state index contributed by atoms with van der Waals surface area (Å²) in [6, 6.07) is 17.8. The maximum atomic E-state index is 12.3. The van der Waals surface area contributed by atoms with E-state index in [4.69, 9.17) is 9.47 Å². The first-order chi connectivity index (χ1) is 13.2. The van der Waals surface area contributed by atoms with Crippen molar-refractivity contribution in [3.05, 3.63) is 60.2 Å². The van der Waals surface area contributed by atoms with Gasteiger partial charge in [-0.25, -0.2) is 4.79 Å². The van der Waals surface area contributed by atoms with Gasteiger partial charge in [0, 0.05) is 7.11 Å². The maximum absolute atomic E-state index is 12.3. The number of rotatable bonds is 8. The number of hydrogen-bond acceptors (Lipinski definition) is 4. The minimum Gasteiger partial charge on any atom is -0.481 e. The summed E-state index contributed by atoms with van der Waals surface area (Å²) in [5, 5.41) is 9.62. The first-order valence-corrected chi connectivity index (χ1v) is 9.32. The number of hydrogen-bond donors (Lipinski definition) is 1. The molecule has 2 aromatic rings. The number of carbonyl (C=O) groups is 2. The van der Waals surface area contributed by atoms with Gasteiger partial charge in [0.25, 0.3) is 0 Å². The molecule has 5 heteroatoms. The molecule has 2 atom stereocenters. The van der Waals surface area contributed by atoms with E-state index < -0.39 is 29.6 Å². The number of esters is 1. The smallest absolute Gasteiger partial charge is 0.335 e. The van der Waals surface area contributed by atoms with Crippen LogP contribution >= 0.6 is 0 Å². The van der Waals surface area contributed by atoms with Crippen LogP contribution in [0.25, 0.3) is 11.1 Å². The second-order valence-corrected chi connectivity index (χ2v) is 7.80. The number of carbonyl (C=O) groups excluding carboxylic acids is 1. The largest absolute Gasteiger partial charge is 0.481 e. The van der Waals surface area contributed by atoms with Gasteiger partial charge in [0.2, 0.25) is 0 Å². The fraction of sp³-hybridized carbons (Fsp3) is 0.391. The molecule has 2 rings (SSSR count). The van der Waals surface area contributed by atoms with E-state index in [1.807, 2.05) is 54.6 Å². The molecule has 2 aromatic carbocycles. The van der Waals surface area contributed by atoms with Gasteiger partial charge >= 0.3 is 11.9 Å². The van der Waals surface area contributed by atoms with Crippen molar-refractivity contribution in [3.63, 3.8) is 0 Å². The molecule has 28 heavy (non-hydrogen) atoms. The lowest BCUT2D eigenvalue weighted by molar-refractivity contribution is -0.168.